The van der Waals surface area contributed by atoms with E-state index in [0.717, 1.165) is 22.0 Å². The molecule has 2 N–H and O–H groups in total. The Labute approximate surface area is 683 Å². The van der Waals surface area contributed by atoms with Gasteiger partial charge in [-0.25, -0.2) is 57.4 Å². The topological polar surface area (TPSA) is 300 Å². The van der Waals surface area contributed by atoms with Crippen molar-refractivity contribution in [3.8, 4) is 56.6 Å². The van der Waals surface area contributed by atoms with Gasteiger partial charge in [0, 0.05) is 134 Å². The number of piperazine rings is 4. The molecular formula is C88H78F4N18O10. The van der Waals surface area contributed by atoms with Gasteiger partial charge in [0.05, 0.1) is 55.2 Å². The number of aromatic nitrogens is 10. The molecule has 32 heteroatoms. The SMILES string of the molecule is C=CC(=O)N1CCN(c2ncnc3c(=O)n(-c4ccccc4F)c(C)cc23)CC1.C=CC(=O)N1CCN(c2ncnc3cc(-c4c(O)cccc4F)c4c(c23)OCO4)CC1.C=CC(=O)N1CCN(c2ncnc3cc(-c4c(O)cccc4F)c4ccccc4c23)CC1.C=CC(=O)N1CCN(c2ncnc3cn(-c4ccccc4F)c(=O)cc23)CC1. The molecule has 0 saturated carbocycles. The van der Waals surface area contributed by atoms with E-state index in [4.69, 9.17) is 9.47 Å². The van der Waals surface area contributed by atoms with E-state index in [1.807, 2.05) is 34.1 Å². The third kappa shape index (κ3) is 15.9. The quantitative estimate of drug-likeness (QED) is 0.0652. The lowest BCUT2D eigenvalue weighted by Gasteiger charge is -2.35. The number of nitrogens with zero attached hydrogens (tertiary/aromatic N) is 18. The van der Waals surface area contributed by atoms with E-state index in [-0.39, 0.29) is 75.5 Å². The van der Waals surface area contributed by atoms with Crippen LogP contribution in [0.1, 0.15) is 5.69 Å². The minimum Gasteiger partial charge on any atom is -0.507 e. The number of hydrogen-bond donors (Lipinski definition) is 2. The van der Waals surface area contributed by atoms with Crippen molar-refractivity contribution in [3.63, 3.8) is 0 Å². The summed E-state index contributed by atoms with van der Waals surface area (Å²) in [5, 5.41) is 25.1. The molecule has 0 spiro atoms. The highest BCUT2D eigenvalue weighted by atomic mass is 19.1. The monoisotopic (exact) mass is 1620 g/mol. The van der Waals surface area contributed by atoms with E-state index >= 15 is 0 Å². The first kappa shape index (κ1) is 80.2. The molecule has 0 bridgehead atoms. The maximum absolute atomic E-state index is 14.7. The molecule has 7 aromatic carbocycles. The van der Waals surface area contributed by atoms with Crippen molar-refractivity contribution < 1.29 is 56.4 Å². The molecule has 18 rings (SSSR count). The van der Waals surface area contributed by atoms with Gasteiger partial charge in [-0.15, -0.1) is 0 Å². The fourth-order valence-corrected chi connectivity index (χ4v) is 15.5. The molecule has 28 nitrogen and oxygen atoms in total. The van der Waals surface area contributed by atoms with E-state index in [1.54, 1.807) is 81.1 Å². The minimum absolute atomic E-state index is 0.0304. The Kier molecular flexibility index (Phi) is 23.3. The van der Waals surface area contributed by atoms with Gasteiger partial charge in [-0.2, -0.15) is 0 Å². The number of phenolic OH excluding ortho intramolecular Hbond substituents is 2. The standard InChI is InChI=1S/C25H21FN4O2.C22H19FN4O4.C21H20FN5O2.C20H18FN5O2/c1-2-22(32)29-10-12-30(13-11-29)25-24-17-7-4-3-6-16(17)18(14-20(24)27-15-28-25)23-19(26)8-5-9-21(23)31;1-2-17(29)26-6-8-27(9-7-26)22-19-15(24-11-25-22)10-13(20-21(19)31-12-30-20)18-14(23)4-3-5-16(18)28;1-3-18(28)25-8-10-26(11-9-25)20-15-12-14(2)27(17-7-5-4-6-16(17)22)21(29)19(15)23-13-24-20;1-2-18(27)24-7-9-25(10-8-24)20-14-11-19(28)26(12-16(14)22-13-23-20)17-6-4-3-5-15(17)21/h2-9,14-15,31H,1,10-13H2;2-5,10-11,28H,1,6-9,12H2;3-7,12-13H,1,8-11H2,2H3;2-6,11-13H,1,7-10H2. The number of aryl methyl sites for hydroxylation is 1. The molecule has 120 heavy (non-hydrogen) atoms. The maximum atomic E-state index is 14.7. The predicted molar refractivity (Wildman–Crippen MR) is 448 cm³/mol. The molecule has 0 radical (unpaired) electrons. The van der Waals surface area contributed by atoms with Crippen molar-refractivity contribution in [1.82, 2.24) is 68.6 Å². The number of amides is 4. The molecule has 13 aromatic rings. The number of para-hydroxylation sites is 2. The van der Waals surface area contributed by atoms with E-state index in [2.05, 4.69) is 76.0 Å². The number of hydrogen-bond acceptors (Lipinski definition) is 22. The molecule has 4 saturated heterocycles. The third-order valence-electron chi connectivity index (χ3n) is 21.5. The van der Waals surface area contributed by atoms with Crippen LogP contribution in [0, 0.1) is 30.2 Å². The van der Waals surface area contributed by atoms with Gasteiger partial charge in [-0.3, -0.25) is 37.9 Å². The summed E-state index contributed by atoms with van der Waals surface area (Å²) < 4.78 is 71.7. The summed E-state index contributed by atoms with van der Waals surface area (Å²) in [6.07, 6.45) is 12.5. The fourth-order valence-electron chi connectivity index (χ4n) is 15.5. The molecule has 608 valence electrons. The molecular weight excluding hydrogens is 1550 g/mol. The van der Waals surface area contributed by atoms with E-state index in [1.165, 1.54) is 120 Å². The third-order valence-corrected chi connectivity index (χ3v) is 21.5. The smallest absolute Gasteiger partial charge is 0.282 e. The zero-order valence-corrected chi connectivity index (χ0v) is 65.0. The Morgan fingerprint density at radius 3 is 1.30 bits per heavy atom. The van der Waals surface area contributed by atoms with Crippen LogP contribution in [-0.4, -0.2) is 214 Å². The zero-order chi connectivity index (χ0) is 84.0. The lowest BCUT2D eigenvalue weighted by Crippen LogP contribution is -2.48. The molecule has 0 atom stereocenters. The van der Waals surface area contributed by atoms with E-state index < -0.39 is 28.8 Å². The summed E-state index contributed by atoms with van der Waals surface area (Å²) in [6, 6.07) is 35.1. The predicted octanol–water partition coefficient (Wildman–Crippen LogP) is 10.7. The van der Waals surface area contributed by atoms with E-state index in [0.29, 0.717) is 183 Å². The van der Waals surface area contributed by atoms with E-state index in [9.17, 15) is 56.5 Å². The van der Waals surface area contributed by atoms with Gasteiger partial charge in [-0.05, 0) is 114 Å². The summed E-state index contributed by atoms with van der Waals surface area (Å²) in [6.45, 7) is 25.0. The molecule has 5 aliphatic rings. The number of fused-ring (bicyclic) bond motifs is 8. The first-order valence-electron chi connectivity index (χ1n) is 38.3. The van der Waals surface area contributed by atoms with Crippen LogP contribution >= 0.6 is 0 Å². The van der Waals surface area contributed by atoms with Gasteiger partial charge in [-0.1, -0.05) is 87.0 Å². The Morgan fingerprint density at radius 2 is 0.800 bits per heavy atom. The number of benzene rings is 7. The second-order valence-corrected chi connectivity index (χ2v) is 28.2. The van der Waals surface area contributed by atoms with Crippen molar-refractivity contribution >= 4 is 101 Å². The molecule has 5 aliphatic heterocycles. The van der Waals surface area contributed by atoms with Crippen LogP contribution < -0.4 is 40.2 Å². The van der Waals surface area contributed by atoms with Crippen molar-refractivity contribution in [2.24, 2.45) is 0 Å². The van der Waals surface area contributed by atoms with Gasteiger partial charge in [0.1, 0.15) is 88.9 Å². The van der Waals surface area contributed by atoms with Crippen LogP contribution in [-0.2, 0) is 19.2 Å². The highest BCUT2D eigenvalue weighted by molar-refractivity contribution is 6.17. The highest BCUT2D eigenvalue weighted by Crippen LogP contribution is 2.51. The van der Waals surface area contributed by atoms with Gasteiger partial charge < -0.3 is 58.9 Å². The van der Waals surface area contributed by atoms with Crippen LogP contribution in [0.25, 0.3) is 88.0 Å². The lowest BCUT2D eigenvalue weighted by atomic mass is 9.94. The maximum Gasteiger partial charge on any atom is 0.282 e. The lowest BCUT2D eigenvalue weighted by molar-refractivity contribution is -0.127. The van der Waals surface area contributed by atoms with Crippen molar-refractivity contribution in [2.45, 2.75) is 6.92 Å². The minimum atomic E-state index is -0.575. The average Bonchev–Trinajstić information content (AvgIpc) is 1.68. The number of carbonyl (C=O) groups excluding carboxylic acids is 4. The first-order valence-corrected chi connectivity index (χ1v) is 38.3. The van der Waals surface area contributed by atoms with Crippen molar-refractivity contribution in [3.05, 3.63) is 265 Å². The Morgan fingerprint density at radius 1 is 0.400 bits per heavy atom. The number of carbonyl (C=O) groups is 4. The summed E-state index contributed by atoms with van der Waals surface area (Å²) >= 11 is 0. The second-order valence-electron chi connectivity index (χ2n) is 28.2. The van der Waals surface area contributed by atoms with Crippen molar-refractivity contribution in [2.75, 3.05) is 131 Å². The number of phenols is 2. The fraction of sp³-hybridized carbons (Fsp3) is 0.205. The van der Waals surface area contributed by atoms with Crippen LogP contribution in [0.4, 0.5) is 40.8 Å². The number of ether oxygens (including phenoxy) is 2. The van der Waals surface area contributed by atoms with Crippen LogP contribution in [0.5, 0.6) is 23.0 Å². The number of anilines is 4. The Balaban J connectivity index is 0.000000125. The highest BCUT2D eigenvalue weighted by Gasteiger charge is 2.33. The molecule has 11 heterocycles. The number of aromatic hydroxyl groups is 2. The summed E-state index contributed by atoms with van der Waals surface area (Å²) in [7, 11) is 0. The van der Waals surface area contributed by atoms with Gasteiger partial charge in [0.2, 0.25) is 30.4 Å². The van der Waals surface area contributed by atoms with Gasteiger partial charge >= 0.3 is 0 Å². The summed E-state index contributed by atoms with van der Waals surface area (Å²) in [5.74, 6) is 0.743. The Bertz CT molecular complexity index is 6340. The number of halogens is 4. The average molecular weight is 1620 g/mol. The zero-order valence-electron chi connectivity index (χ0n) is 65.0. The molecule has 0 aliphatic carbocycles. The molecule has 4 amide bonds. The van der Waals surface area contributed by atoms with Gasteiger partial charge in [0.25, 0.3) is 11.1 Å². The molecule has 0 unspecified atom stereocenters. The Hall–Kier alpha value is -15.0. The van der Waals surface area contributed by atoms with Crippen LogP contribution in [0.3, 0.4) is 0 Å². The second kappa shape index (κ2) is 34.8. The van der Waals surface area contributed by atoms with Crippen molar-refractivity contribution in [1.29, 1.82) is 0 Å². The molecule has 6 aromatic heterocycles. The van der Waals surface area contributed by atoms with Crippen LogP contribution in [0.15, 0.2) is 225 Å². The summed E-state index contributed by atoms with van der Waals surface area (Å²) in [4.78, 5) is 123. The summed E-state index contributed by atoms with van der Waals surface area (Å²) in [5.41, 5.74) is 3.28. The van der Waals surface area contributed by atoms with Gasteiger partial charge in [0.15, 0.2) is 11.5 Å². The number of rotatable bonds is 12. The first-order chi connectivity index (χ1) is 58.2. The normalized spacial score (nSPS) is 14.5. The largest absolute Gasteiger partial charge is 0.507 e. The van der Waals surface area contributed by atoms with Crippen LogP contribution in [0.2, 0.25) is 0 Å². The molecule has 4 fully saturated rings. The number of pyridine rings is 2.